The van der Waals surface area contributed by atoms with Crippen molar-refractivity contribution in [2.75, 3.05) is 13.1 Å². The van der Waals surface area contributed by atoms with Gasteiger partial charge in [-0.3, -0.25) is 9.48 Å². The maximum Gasteiger partial charge on any atom is 0.241 e. The molecule has 1 unspecified atom stereocenters. The standard InChI is InChI=1S/C19H33N5O/c1-18(2)10-15(11-19(3,4)23-18)22-17(25)13-24-16(7-9-21-24)14-6-5-8-20-12-14/h7,9,14-15,20,23H,5-6,8,10-13H2,1-4H3,(H,22,25). The summed E-state index contributed by atoms with van der Waals surface area (Å²) in [5.74, 6) is 0.521. The van der Waals surface area contributed by atoms with Gasteiger partial charge in [-0.05, 0) is 66.0 Å². The molecule has 3 N–H and O–H groups in total. The Labute approximate surface area is 151 Å². The molecular weight excluding hydrogens is 314 g/mol. The summed E-state index contributed by atoms with van der Waals surface area (Å²) < 4.78 is 1.88. The molecule has 0 saturated carbocycles. The maximum atomic E-state index is 12.6. The van der Waals surface area contributed by atoms with E-state index in [0.717, 1.165) is 32.4 Å². The van der Waals surface area contributed by atoms with E-state index in [1.165, 1.54) is 12.1 Å². The van der Waals surface area contributed by atoms with Crippen molar-refractivity contribution in [3.05, 3.63) is 18.0 Å². The Morgan fingerprint density at radius 3 is 2.68 bits per heavy atom. The number of hydrogen-bond acceptors (Lipinski definition) is 4. The Balaban J connectivity index is 1.61. The SMILES string of the molecule is CC1(C)CC(NC(=O)Cn2nccc2C2CCCNC2)CC(C)(C)N1. The average Bonchev–Trinajstić information content (AvgIpc) is 2.92. The topological polar surface area (TPSA) is 71.0 Å². The molecule has 0 aliphatic carbocycles. The molecule has 1 atom stereocenters. The third-order valence-electron chi connectivity index (χ3n) is 5.31. The van der Waals surface area contributed by atoms with Crippen LogP contribution in [-0.4, -0.2) is 45.9 Å². The molecule has 0 spiro atoms. The lowest BCUT2D eigenvalue weighted by atomic mass is 9.79. The number of hydrogen-bond donors (Lipinski definition) is 3. The second kappa shape index (κ2) is 7.08. The highest BCUT2D eigenvalue weighted by molar-refractivity contribution is 5.76. The third-order valence-corrected chi connectivity index (χ3v) is 5.31. The van der Waals surface area contributed by atoms with Gasteiger partial charge in [-0.25, -0.2) is 0 Å². The largest absolute Gasteiger partial charge is 0.352 e. The van der Waals surface area contributed by atoms with Crippen molar-refractivity contribution in [3.63, 3.8) is 0 Å². The van der Waals surface area contributed by atoms with Gasteiger partial charge >= 0.3 is 0 Å². The summed E-state index contributed by atoms with van der Waals surface area (Å²) in [5, 5.41) is 14.7. The Morgan fingerprint density at radius 1 is 1.32 bits per heavy atom. The van der Waals surface area contributed by atoms with Crippen LogP contribution < -0.4 is 16.0 Å². The Morgan fingerprint density at radius 2 is 2.04 bits per heavy atom. The molecule has 2 aliphatic heterocycles. The second-order valence-corrected chi connectivity index (χ2v) is 9.02. The molecule has 1 aromatic heterocycles. The van der Waals surface area contributed by atoms with Crippen LogP contribution in [0.3, 0.4) is 0 Å². The van der Waals surface area contributed by atoms with Crippen LogP contribution in [0.25, 0.3) is 0 Å². The fourth-order valence-corrected chi connectivity index (χ4v) is 4.76. The van der Waals surface area contributed by atoms with Crippen molar-refractivity contribution in [1.82, 2.24) is 25.7 Å². The first kappa shape index (κ1) is 18.4. The normalized spacial score (nSPS) is 26.3. The minimum atomic E-state index is 0.0321. The number of carbonyl (C=O) groups is 1. The average molecular weight is 348 g/mol. The Bertz CT molecular complexity index is 585. The lowest BCUT2D eigenvalue weighted by molar-refractivity contribution is -0.123. The quantitative estimate of drug-likeness (QED) is 0.776. The van der Waals surface area contributed by atoms with Crippen molar-refractivity contribution in [3.8, 4) is 0 Å². The van der Waals surface area contributed by atoms with E-state index in [1.807, 2.05) is 10.9 Å². The number of aromatic nitrogens is 2. The number of rotatable bonds is 4. The molecule has 0 bridgehead atoms. The zero-order valence-electron chi connectivity index (χ0n) is 16.1. The highest BCUT2D eigenvalue weighted by Crippen LogP contribution is 2.28. The zero-order valence-corrected chi connectivity index (χ0v) is 16.1. The van der Waals surface area contributed by atoms with Gasteiger partial charge in [-0.1, -0.05) is 0 Å². The number of piperidine rings is 2. The Kier molecular flexibility index (Phi) is 5.21. The molecular formula is C19H33N5O. The molecule has 0 radical (unpaired) electrons. The van der Waals surface area contributed by atoms with E-state index < -0.39 is 0 Å². The highest BCUT2D eigenvalue weighted by atomic mass is 16.2. The second-order valence-electron chi connectivity index (χ2n) is 9.02. The van der Waals surface area contributed by atoms with Gasteiger partial charge in [0.15, 0.2) is 0 Å². The highest BCUT2D eigenvalue weighted by Gasteiger charge is 2.38. The van der Waals surface area contributed by atoms with Gasteiger partial charge in [-0.2, -0.15) is 5.10 Å². The van der Waals surface area contributed by atoms with Gasteiger partial charge in [0.05, 0.1) is 0 Å². The number of carbonyl (C=O) groups excluding carboxylic acids is 1. The molecule has 0 aromatic carbocycles. The number of amides is 1. The molecule has 2 aliphatic rings. The van der Waals surface area contributed by atoms with Gasteiger partial charge in [0, 0.05) is 41.5 Å². The van der Waals surface area contributed by atoms with Gasteiger partial charge in [0.2, 0.25) is 5.91 Å². The monoisotopic (exact) mass is 347 g/mol. The van der Waals surface area contributed by atoms with Crippen LogP contribution in [-0.2, 0) is 11.3 Å². The third kappa shape index (κ3) is 4.82. The van der Waals surface area contributed by atoms with E-state index in [1.54, 1.807) is 0 Å². The van der Waals surface area contributed by atoms with Crippen LogP contribution in [0.15, 0.2) is 12.3 Å². The van der Waals surface area contributed by atoms with Crippen LogP contribution >= 0.6 is 0 Å². The smallest absolute Gasteiger partial charge is 0.241 e. The summed E-state index contributed by atoms with van der Waals surface area (Å²) in [4.78, 5) is 12.6. The van der Waals surface area contributed by atoms with Gasteiger partial charge in [-0.15, -0.1) is 0 Å². The molecule has 2 saturated heterocycles. The minimum absolute atomic E-state index is 0.0321. The zero-order chi connectivity index (χ0) is 18.1. The number of nitrogens with one attached hydrogen (secondary N) is 3. The number of nitrogens with zero attached hydrogens (tertiary/aromatic N) is 2. The van der Waals surface area contributed by atoms with Gasteiger partial charge in [0.25, 0.3) is 0 Å². The van der Waals surface area contributed by atoms with E-state index in [9.17, 15) is 4.79 Å². The van der Waals surface area contributed by atoms with Crippen LogP contribution in [0, 0.1) is 0 Å². The van der Waals surface area contributed by atoms with E-state index in [2.05, 4.69) is 54.8 Å². The lowest BCUT2D eigenvalue weighted by Gasteiger charge is -2.46. The summed E-state index contributed by atoms with van der Waals surface area (Å²) in [7, 11) is 0. The summed E-state index contributed by atoms with van der Waals surface area (Å²) in [6.45, 7) is 11.2. The van der Waals surface area contributed by atoms with Crippen molar-refractivity contribution in [1.29, 1.82) is 0 Å². The molecule has 3 rings (SSSR count). The van der Waals surface area contributed by atoms with E-state index in [-0.39, 0.29) is 23.0 Å². The molecule has 3 heterocycles. The minimum Gasteiger partial charge on any atom is -0.352 e. The predicted molar refractivity (Wildman–Crippen MR) is 99.5 cm³/mol. The molecule has 6 heteroatoms. The fourth-order valence-electron chi connectivity index (χ4n) is 4.76. The first-order valence-electron chi connectivity index (χ1n) is 9.55. The van der Waals surface area contributed by atoms with Crippen molar-refractivity contribution in [2.45, 2.75) is 83.0 Å². The molecule has 1 aromatic rings. The van der Waals surface area contributed by atoms with E-state index in [0.29, 0.717) is 12.5 Å². The van der Waals surface area contributed by atoms with Crippen molar-refractivity contribution >= 4 is 5.91 Å². The maximum absolute atomic E-state index is 12.6. The van der Waals surface area contributed by atoms with Crippen molar-refractivity contribution in [2.24, 2.45) is 0 Å². The fraction of sp³-hybridized carbons (Fsp3) is 0.789. The molecule has 140 valence electrons. The summed E-state index contributed by atoms with van der Waals surface area (Å²) in [6.07, 6.45) is 6.05. The van der Waals surface area contributed by atoms with Gasteiger partial charge < -0.3 is 16.0 Å². The first-order valence-corrected chi connectivity index (χ1v) is 9.55. The summed E-state index contributed by atoms with van der Waals surface area (Å²) in [6, 6.07) is 2.26. The van der Waals surface area contributed by atoms with Crippen LogP contribution in [0.4, 0.5) is 0 Å². The van der Waals surface area contributed by atoms with E-state index in [4.69, 9.17) is 0 Å². The van der Waals surface area contributed by atoms with Crippen LogP contribution in [0.2, 0.25) is 0 Å². The molecule has 1 amide bonds. The summed E-state index contributed by atoms with van der Waals surface area (Å²) in [5.41, 5.74) is 1.24. The van der Waals surface area contributed by atoms with Crippen LogP contribution in [0.1, 0.15) is 65.0 Å². The first-order chi connectivity index (χ1) is 11.7. The van der Waals surface area contributed by atoms with Crippen LogP contribution in [0.5, 0.6) is 0 Å². The summed E-state index contributed by atoms with van der Waals surface area (Å²) >= 11 is 0. The van der Waals surface area contributed by atoms with Gasteiger partial charge in [0.1, 0.15) is 6.54 Å². The predicted octanol–water partition coefficient (Wildman–Crippen LogP) is 1.78. The van der Waals surface area contributed by atoms with Crippen molar-refractivity contribution < 1.29 is 4.79 Å². The van der Waals surface area contributed by atoms with E-state index >= 15 is 0 Å². The Hall–Kier alpha value is -1.40. The lowest BCUT2D eigenvalue weighted by Crippen LogP contribution is -2.62. The molecule has 2 fully saturated rings. The molecule has 25 heavy (non-hydrogen) atoms. The molecule has 6 nitrogen and oxygen atoms in total.